The lowest BCUT2D eigenvalue weighted by Gasteiger charge is -2.33. The van der Waals surface area contributed by atoms with Crippen molar-refractivity contribution in [1.29, 1.82) is 0 Å². The summed E-state index contributed by atoms with van der Waals surface area (Å²) >= 11 is 6.23. The molecule has 0 aliphatic heterocycles. The molecule has 0 bridgehead atoms. The van der Waals surface area contributed by atoms with Crippen LogP contribution in [-0.4, -0.2) is 64.7 Å². The Balaban J connectivity index is 1.93. The van der Waals surface area contributed by atoms with Crippen LogP contribution in [0.2, 0.25) is 5.02 Å². The van der Waals surface area contributed by atoms with Crippen molar-refractivity contribution in [2.24, 2.45) is 5.73 Å². The number of fused-ring (bicyclic) bond motifs is 1. The average Bonchev–Trinajstić information content (AvgIpc) is 2.96. The molecule has 0 fully saturated rings. The van der Waals surface area contributed by atoms with Gasteiger partial charge in [0.15, 0.2) is 6.04 Å². The van der Waals surface area contributed by atoms with Gasteiger partial charge in [-0.15, -0.1) is 13.2 Å². The van der Waals surface area contributed by atoms with E-state index < -0.39 is 35.5 Å². The smallest absolute Gasteiger partial charge is 0.406 e. The van der Waals surface area contributed by atoms with Crippen molar-refractivity contribution in [2.75, 3.05) is 27.2 Å². The van der Waals surface area contributed by atoms with Gasteiger partial charge in [0.05, 0.1) is 17.4 Å². The van der Waals surface area contributed by atoms with Crippen LogP contribution in [0.5, 0.6) is 5.75 Å². The van der Waals surface area contributed by atoms with Crippen molar-refractivity contribution in [1.82, 2.24) is 19.4 Å². The first kappa shape index (κ1) is 32.5. The highest BCUT2D eigenvalue weighted by atomic mass is 35.5. The third-order valence-corrected chi connectivity index (χ3v) is 7.07. The number of hydrogen-bond acceptors (Lipinski definition) is 6. The zero-order chi connectivity index (χ0) is 32.2. The Morgan fingerprint density at radius 3 is 2.30 bits per heavy atom. The number of hydrogen-bond donors (Lipinski definition) is 1. The minimum absolute atomic E-state index is 0.0448. The Bertz CT molecular complexity index is 1710. The zero-order valence-electron chi connectivity index (χ0n) is 24.3. The third-order valence-electron chi connectivity index (χ3n) is 6.84. The predicted molar refractivity (Wildman–Crippen MR) is 161 cm³/mol. The van der Waals surface area contributed by atoms with Gasteiger partial charge in [0.2, 0.25) is 0 Å². The number of halogens is 4. The third kappa shape index (κ3) is 7.56. The molecule has 44 heavy (non-hydrogen) atoms. The van der Waals surface area contributed by atoms with Gasteiger partial charge in [0.25, 0.3) is 17.4 Å². The van der Waals surface area contributed by atoms with Crippen LogP contribution in [0.3, 0.4) is 0 Å². The molecule has 2 amide bonds. The van der Waals surface area contributed by atoms with Gasteiger partial charge in [-0.3, -0.25) is 19.0 Å². The predicted octanol–water partition coefficient (Wildman–Crippen LogP) is 4.93. The van der Waals surface area contributed by atoms with Crippen LogP contribution < -0.4 is 16.0 Å². The van der Waals surface area contributed by atoms with Crippen molar-refractivity contribution in [3.8, 4) is 5.75 Å². The molecule has 1 aromatic heterocycles. The van der Waals surface area contributed by atoms with Gasteiger partial charge in [-0.05, 0) is 67.9 Å². The first-order chi connectivity index (χ1) is 20.8. The molecule has 0 saturated heterocycles. The van der Waals surface area contributed by atoms with Crippen LogP contribution in [-0.2, 0) is 11.3 Å². The monoisotopic (exact) mass is 629 g/mol. The van der Waals surface area contributed by atoms with E-state index in [1.807, 2.05) is 6.92 Å². The normalized spacial score (nSPS) is 12.2. The fraction of sp³-hybridized carbons (Fsp3) is 0.290. The molecule has 4 aromatic rings. The van der Waals surface area contributed by atoms with Crippen LogP contribution >= 0.6 is 11.6 Å². The summed E-state index contributed by atoms with van der Waals surface area (Å²) in [7, 11) is 3.04. The number of carbonyl (C=O) groups is 2. The van der Waals surface area contributed by atoms with E-state index in [2.05, 4.69) is 4.74 Å². The second-order valence-electron chi connectivity index (χ2n) is 10.4. The van der Waals surface area contributed by atoms with Gasteiger partial charge < -0.3 is 20.3 Å². The Morgan fingerprint density at radius 2 is 1.70 bits per heavy atom. The Labute approximate surface area is 256 Å². The van der Waals surface area contributed by atoms with E-state index in [4.69, 9.17) is 22.3 Å². The Hall–Kier alpha value is -4.42. The summed E-state index contributed by atoms with van der Waals surface area (Å²) in [6, 6.07) is 15.0. The quantitative estimate of drug-likeness (QED) is 0.267. The summed E-state index contributed by atoms with van der Waals surface area (Å²) < 4.78 is 43.4. The highest BCUT2D eigenvalue weighted by Gasteiger charge is 2.37. The molecule has 1 heterocycles. The fourth-order valence-electron chi connectivity index (χ4n) is 4.65. The summed E-state index contributed by atoms with van der Waals surface area (Å²) in [5.74, 6) is -1.48. The molecular formula is C31H31ClF3N5O4. The maximum absolute atomic E-state index is 14.0. The standard InChI is InChI=1S/C31H31ClF3N5O4/c1-19-5-9-21(10-6-19)28(41)39(16-4-15-36)26(30(43)38(2)3)27-37-25-17-22(32)11-14-24(25)29(42)40(27)18-20-7-12-23(13-8-20)44-31(33,34)35/h5-14,17,26H,4,15-16,18,36H2,1-3H3. The summed E-state index contributed by atoms with van der Waals surface area (Å²) in [6.45, 7) is 2.00. The van der Waals surface area contributed by atoms with Crippen LogP contribution in [0, 0.1) is 6.92 Å². The molecule has 9 nitrogen and oxygen atoms in total. The molecule has 0 spiro atoms. The van der Waals surface area contributed by atoms with E-state index in [0.717, 1.165) is 17.7 Å². The lowest BCUT2D eigenvalue weighted by Crippen LogP contribution is -2.47. The van der Waals surface area contributed by atoms with E-state index in [9.17, 15) is 27.6 Å². The van der Waals surface area contributed by atoms with Gasteiger partial charge in [0, 0.05) is 31.2 Å². The second-order valence-corrected chi connectivity index (χ2v) is 10.8. The van der Waals surface area contributed by atoms with Crippen LogP contribution in [0.1, 0.15) is 39.8 Å². The van der Waals surface area contributed by atoms with E-state index in [-0.39, 0.29) is 36.4 Å². The van der Waals surface area contributed by atoms with Crippen molar-refractivity contribution >= 4 is 34.3 Å². The highest BCUT2D eigenvalue weighted by Crippen LogP contribution is 2.28. The number of aryl methyl sites for hydroxylation is 1. The topological polar surface area (TPSA) is 111 Å². The highest BCUT2D eigenvalue weighted by molar-refractivity contribution is 6.31. The number of rotatable bonds is 10. The molecular weight excluding hydrogens is 599 g/mol. The van der Waals surface area contributed by atoms with Gasteiger partial charge in [-0.25, -0.2) is 4.98 Å². The number of amides is 2. The van der Waals surface area contributed by atoms with E-state index in [1.165, 1.54) is 58.8 Å². The summed E-state index contributed by atoms with van der Waals surface area (Å²) in [4.78, 5) is 49.3. The minimum Gasteiger partial charge on any atom is -0.406 e. The molecule has 232 valence electrons. The van der Waals surface area contributed by atoms with Crippen molar-refractivity contribution in [3.05, 3.63) is 105 Å². The average molecular weight is 630 g/mol. The van der Waals surface area contributed by atoms with Gasteiger partial charge in [-0.2, -0.15) is 0 Å². The minimum atomic E-state index is -4.87. The fourth-order valence-corrected chi connectivity index (χ4v) is 4.82. The molecule has 0 saturated carbocycles. The maximum atomic E-state index is 14.0. The number of ether oxygens (including phenoxy) is 1. The summed E-state index contributed by atoms with van der Waals surface area (Å²) in [6.07, 6.45) is -4.52. The summed E-state index contributed by atoms with van der Waals surface area (Å²) in [5, 5.41) is 0.504. The molecule has 1 unspecified atom stereocenters. The molecule has 3 aromatic carbocycles. The van der Waals surface area contributed by atoms with Crippen LogP contribution in [0.4, 0.5) is 13.2 Å². The molecule has 0 radical (unpaired) electrons. The van der Waals surface area contributed by atoms with Gasteiger partial charge in [0.1, 0.15) is 11.6 Å². The molecule has 4 rings (SSSR count). The SMILES string of the molecule is Cc1ccc(C(=O)N(CCCN)C(C(=O)N(C)C)c2nc3cc(Cl)ccc3c(=O)n2Cc2ccc(OC(F)(F)F)cc2)cc1. The number of alkyl halides is 3. The van der Waals surface area contributed by atoms with Crippen LogP contribution in [0.25, 0.3) is 10.9 Å². The molecule has 0 aliphatic carbocycles. The molecule has 2 N–H and O–H groups in total. The van der Waals surface area contributed by atoms with Crippen molar-refractivity contribution < 1.29 is 27.5 Å². The number of carbonyl (C=O) groups excluding carboxylic acids is 2. The number of aromatic nitrogens is 2. The van der Waals surface area contributed by atoms with E-state index in [0.29, 0.717) is 22.6 Å². The zero-order valence-corrected chi connectivity index (χ0v) is 25.0. The number of likely N-dealkylation sites (N-methyl/N-ethyl adjacent to an activating group) is 1. The second kappa shape index (κ2) is 13.5. The first-order valence-electron chi connectivity index (χ1n) is 13.6. The number of nitrogens with zero attached hydrogens (tertiary/aromatic N) is 4. The number of nitrogens with two attached hydrogens (primary N) is 1. The van der Waals surface area contributed by atoms with Crippen molar-refractivity contribution in [2.45, 2.75) is 32.3 Å². The lowest BCUT2D eigenvalue weighted by molar-refractivity contribution is -0.274. The maximum Gasteiger partial charge on any atom is 0.573 e. The lowest BCUT2D eigenvalue weighted by atomic mass is 10.1. The number of benzene rings is 3. The van der Waals surface area contributed by atoms with Crippen LogP contribution in [0.15, 0.2) is 71.5 Å². The van der Waals surface area contributed by atoms with E-state index in [1.54, 1.807) is 24.3 Å². The summed E-state index contributed by atoms with van der Waals surface area (Å²) in [5.41, 5.74) is 7.17. The van der Waals surface area contributed by atoms with Gasteiger partial charge in [-0.1, -0.05) is 41.4 Å². The molecule has 1 atom stereocenters. The van der Waals surface area contributed by atoms with Crippen molar-refractivity contribution in [3.63, 3.8) is 0 Å². The van der Waals surface area contributed by atoms with E-state index >= 15 is 0 Å². The molecule has 13 heteroatoms. The van der Waals surface area contributed by atoms with Gasteiger partial charge >= 0.3 is 6.36 Å². The molecule has 0 aliphatic rings. The first-order valence-corrected chi connectivity index (χ1v) is 14.0. The Morgan fingerprint density at radius 1 is 1.05 bits per heavy atom. The Kier molecular flexibility index (Phi) is 9.95. The largest absolute Gasteiger partial charge is 0.573 e.